The lowest BCUT2D eigenvalue weighted by atomic mass is 10.1. The molecule has 8 heteroatoms. The molecule has 0 radical (unpaired) electrons. The molecule has 33 heavy (non-hydrogen) atoms. The molecule has 0 aliphatic carbocycles. The van der Waals surface area contributed by atoms with Crippen LogP contribution in [0.25, 0.3) is 22.2 Å². The Kier molecular flexibility index (Phi) is 6.26. The van der Waals surface area contributed by atoms with Crippen molar-refractivity contribution in [3.63, 3.8) is 0 Å². The molecule has 170 valence electrons. The van der Waals surface area contributed by atoms with Crippen LogP contribution in [0.15, 0.2) is 63.9 Å². The van der Waals surface area contributed by atoms with Crippen LogP contribution in [-0.4, -0.2) is 34.5 Å². The van der Waals surface area contributed by atoms with Crippen LogP contribution in [0.4, 0.5) is 5.69 Å². The van der Waals surface area contributed by atoms with E-state index in [0.717, 1.165) is 11.3 Å². The zero-order valence-corrected chi connectivity index (χ0v) is 19.1. The minimum absolute atomic E-state index is 0.155. The highest BCUT2D eigenvalue weighted by Gasteiger charge is 2.29. The van der Waals surface area contributed by atoms with E-state index in [1.165, 1.54) is 4.68 Å². The molecule has 4 aromatic rings. The second kappa shape index (κ2) is 9.28. The Morgan fingerprint density at radius 3 is 2.42 bits per heavy atom. The number of amides is 1. The molecule has 0 fully saturated rings. The van der Waals surface area contributed by atoms with E-state index in [0.29, 0.717) is 35.6 Å². The summed E-state index contributed by atoms with van der Waals surface area (Å²) in [5.74, 6) is 0.987. The third-order valence-electron chi connectivity index (χ3n) is 5.70. The lowest BCUT2D eigenvalue weighted by Gasteiger charge is -2.26. The van der Waals surface area contributed by atoms with Gasteiger partial charge in [0.1, 0.15) is 23.2 Å². The minimum Gasteiger partial charge on any atom is -0.497 e. The Morgan fingerprint density at radius 2 is 1.82 bits per heavy atom. The van der Waals surface area contributed by atoms with Crippen molar-refractivity contribution in [2.75, 3.05) is 18.6 Å². The summed E-state index contributed by atoms with van der Waals surface area (Å²) in [6.45, 7) is 5.97. The molecule has 0 saturated carbocycles. The Hall–Kier alpha value is -3.94. The third kappa shape index (κ3) is 4.00. The average Bonchev–Trinajstić information content (AvgIpc) is 3.24. The number of likely N-dealkylation sites (N-methyl/N-ethyl adjacent to an activating group) is 1. The van der Waals surface area contributed by atoms with Gasteiger partial charge in [-0.3, -0.25) is 9.59 Å². The summed E-state index contributed by atoms with van der Waals surface area (Å²) in [4.78, 5) is 28.6. The lowest BCUT2D eigenvalue weighted by molar-refractivity contribution is -0.122. The van der Waals surface area contributed by atoms with Crippen LogP contribution in [0, 0.1) is 6.92 Å². The van der Waals surface area contributed by atoms with Crippen molar-refractivity contribution in [3.8, 4) is 17.0 Å². The van der Waals surface area contributed by atoms with Gasteiger partial charge in [-0.05, 0) is 56.7 Å². The molecule has 2 aromatic heterocycles. The van der Waals surface area contributed by atoms with Gasteiger partial charge >= 0.3 is 0 Å². The summed E-state index contributed by atoms with van der Waals surface area (Å²) in [5.41, 5.74) is 1.76. The number of benzene rings is 2. The minimum atomic E-state index is -0.795. The Labute approximate surface area is 191 Å². The Balaban J connectivity index is 1.88. The van der Waals surface area contributed by atoms with E-state index < -0.39 is 11.6 Å². The SMILES string of the molecule is CCC(C(=O)N(CC)c1ccccc1)n1nc(-c2ccc(OC)cc2)c2c(C)onc2c1=O. The average molecular weight is 447 g/mol. The van der Waals surface area contributed by atoms with Crippen LogP contribution in [0.1, 0.15) is 32.1 Å². The number of para-hydroxylation sites is 1. The summed E-state index contributed by atoms with van der Waals surface area (Å²) < 4.78 is 11.8. The van der Waals surface area contributed by atoms with Crippen molar-refractivity contribution >= 4 is 22.5 Å². The van der Waals surface area contributed by atoms with Crippen LogP contribution in [0.5, 0.6) is 5.75 Å². The fourth-order valence-electron chi connectivity index (χ4n) is 3.98. The maximum atomic E-state index is 13.6. The van der Waals surface area contributed by atoms with Gasteiger partial charge in [-0.1, -0.05) is 30.3 Å². The van der Waals surface area contributed by atoms with E-state index in [1.807, 2.05) is 68.4 Å². The number of ether oxygens (including phenoxy) is 1. The molecule has 0 spiro atoms. The summed E-state index contributed by atoms with van der Waals surface area (Å²) in [6.07, 6.45) is 0.388. The first-order valence-corrected chi connectivity index (χ1v) is 10.9. The van der Waals surface area contributed by atoms with Gasteiger partial charge in [-0.2, -0.15) is 5.10 Å². The van der Waals surface area contributed by atoms with E-state index in [-0.39, 0.29) is 11.4 Å². The van der Waals surface area contributed by atoms with E-state index in [9.17, 15) is 9.59 Å². The molecular weight excluding hydrogens is 420 g/mol. The zero-order valence-electron chi connectivity index (χ0n) is 19.1. The number of carbonyl (C=O) groups is 1. The summed E-state index contributed by atoms with van der Waals surface area (Å²) in [7, 11) is 1.60. The number of aryl methyl sites for hydroxylation is 1. The number of methoxy groups -OCH3 is 1. The van der Waals surface area contributed by atoms with Crippen molar-refractivity contribution in [2.45, 2.75) is 33.2 Å². The van der Waals surface area contributed by atoms with Crippen LogP contribution in [-0.2, 0) is 4.79 Å². The smallest absolute Gasteiger partial charge is 0.297 e. The molecular formula is C25H26N4O4. The van der Waals surface area contributed by atoms with E-state index in [4.69, 9.17) is 9.26 Å². The molecule has 1 amide bonds. The van der Waals surface area contributed by atoms with Crippen molar-refractivity contribution in [3.05, 3.63) is 70.7 Å². The quantitative estimate of drug-likeness (QED) is 0.419. The molecule has 1 unspecified atom stereocenters. The van der Waals surface area contributed by atoms with Crippen LogP contribution in [0.2, 0.25) is 0 Å². The highest BCUT2D eigenvalue weighted by molar-refractivity contribution is 5.97. The molecule has 0 saturated heterocycles. The summed E-state index contributed by atoms with van der Waals surface area (Å²) in [5, 5.41) is 9.22. The molecule has 0 aliphatic rings. The third-order valence-corrected chi connectivity index (χ3v) is 5.70. The van der Waals surface area contributed by atoms with Crippen LogP contribution in [0.3, 0.4) is 0 Å². The Morgan fingerprint density at radius 1 is 1.12 bits per heavy atom. The van der Waals surface area contributed by atoms with Gasteiger partial charge in [0.05, 0.1) is 12.5 Å². The number of aromatic nitrogens is 3. The number of nitrogens with zero attached hydrogens (tertiary/aromatic N) is 4. The standard InChI is InChI=1S/C25H26N4O4/c1-5-20(24(30)28(6-2)18-10-8-7-9-11-18)29-25(31)23-21(16(3)33-27-23)22(26-29)17-12-14-19(32-4)15-13-17/h7-15,20H,5-6H2,1-4H3. The second-order valence-electron chi connectivity index (χ2n) is 7.63. The summed E-state index contributed by atoms with van der Waals surface area (Å²) >= 11 is 0. The van der Waals surface area contributed by atoms with E-state index >= 15 is 0 Å². The van der Waals surface area contributed by atoms with Gasteiger partial charge in [-0.15, -0.1) is 0 Å². The van der Waals surface area contributed by atoms with Gasteiger partial charge in [0, 0.05) is 17.8 Å². The van der Waals surface area contributed by atoms with Gasteiger partial charge in [0.2, 0.25) is 0 Å². The molecule has 0 bridgehead atoms. The summed E-state index contributed by atoms with van der Waals surface area (Å²) in [6, 6.07) is 15.9. The highest BCUT2D eigenvalue weighted by Crippen LogP contribution is 2.30. The van der Waals surface area contributed by atoms with Gasteiger partial charge in [-0.25, -0.2) is 4.68 Å². The lowest BCUT2D eigenvalue weighted by Crippen LogP contribution is -2.41. The zero-order chi connectivity index (χ0) is 23.5. The topological polar surface area (TPSA) is 90.5 Å². The van der Waals surface area contributed by atoms with Gasteiger partial charge in [0.25, 0.3) is 11.5 Å². The first-order valence-electron chi connectivity index (χ1n) is 10.9. The Bertz CT molecular complexity index is 1330. The van der Waals surface area contributed by atoms with Crippen molar-refractivity contribution in [2.24, 2.45) is 0 Å². The second-order valence-corrected chi connectivity index (χ2v) is 7.63. The predicted octanol–water partition coefficient (Wildman–Crippen LogP) is 4.37. The monoisotopic (exact) mass is 446 g/mol. The predicted molar refractivity (Wildman–Crippen MR) is 127 cm³/mol. The number of hydrogen-bond acceptors (Lipinski definition) is 6. The number of fused-ring (bicyclic) bond motifs is 1. The van der Waals surface area contributed by atoms with Gasteiger partial charge in [0.15, 0.2) is 5.52 Å². The van der Waals surface area contributed by atoms with Crippen molar-refractivity contribution < 1.29 is 14.1 Å². The highest BCUT2D eigenvalue weighted by atomic mass is 16.5. The fourth-order valence-corrected chi connectivity index (χ4v) is 3.98. The van der Waals surface area contributed by atoms with Crippen molar-refractivity contribution in [1.29, 1.82) is 0 Å². The number of anilines is 1. The number of hydrogen-bond donors (Lipinski definition) is 0. The molecule has 2 heterocycles. The molecule has 1 atom stereocenters. The van der Waals surface area contributed by atoms with Crippen molar-refractivity contribution in [1.82, 2.24) is 14.9 Å². The molecule has 2 aromatic carbocycles. The normalized spacial score (nSPS) is 12.0. The maximum Gasteiger partial charge on any atom is 0.297 e. The van der Waals surface area contributed by atoms with Gasteiger partial charge < -0.3 is 14.2 Å². The van der Waals surface area contributed by atoms with E-state index in [2.05, 4.69) is 10.3 Å². The number of rotatable bonds is 7. The molecule has 0 N–H and O–H groups in total. The number of carbonyl (C=O) groups excluding carboxylic acids is 1. The molecule has 4 rings (SSSR count). The molecule has 8 nitrogen and oxygen atoms in total. The largest absolute Gasteiger partial charge is 0.497 e. The first kappa shape index (κ1) is 22.3. The first-order chi connectivity index (χ1) is 16.0. The fraction of sp³-hybridized carbons (Fsp3) is 0.280. The maximum absolute atomic E-state index is 13.6. The van der Waals surface area contributed by atoms with Crippen LogP contribution < -0.4 is 15.2 Å². The molecule has 0 aliphatic heterocycles. The van der Waals surface area contributed by atoms with E-state index in [1.54, 1.807) is 18.9 Å². The van der Waals surface area contributed by atoms with Crippen LogP contribution >= 0.6 is 0 Å².